The van der Waals surface area contributed by atoms with Gasteiger partial charge in [0.25, 0.3) is 5.91 Å². The van der Waals surface area contributed by atoms with Gasteiger partial charge in [0.15, 0.2) is 6.61 Å². The fourth-order valence-corrected chi connectivity index (χ4v) is 2.94. The normalized spacial score (nSPS) is 10.5. The lowest BCUT2D eigenvalue weighted by molar-refractivity contribution is -0.118. The molecule has 2 amide bonds. The minimum Gasteiger partial charge on any atom is -0.484 e. The van der Waals surface area contributed by atoms with Crippen LogP contribution in [0.15, 0.2) is 78.9 Å². The van der Waals surface area contributed by atoms with Crippen LogP contribution in [-0.4, -0.2) is 18.4 Å². The highest BCUT2D eigenvalue weighted by atomic mass is 16.5. The van der Waals surface area contributed by atoms with Crippen molar-refractivity contribution in [1.82, 2.24) is 0 Å². The number of carbonyl (C=O) groups is 2. The molecular weight excluding hydrogens is 376 g/mol. The summed E-state index contributed by atoms with van der Waals surface area (Å²) in [7, 11) is 0. The van der Waals surface area contributed by atoms with Gasteiger partial charge in [-0.25, -0.2) is 0 Å². The van der Waals surface area contributed by atoms with Crippen molar-refractivity contribution in [2.45, 2.75) is 20.3 Å². The molecule has 0 radical (unpaired) electrons. The van der Waals surface area contributed by atoms with E-state index in [-0.39, 0.29) is 18.4 Å². The smallest absolute Gasteiger partial charge is 0.262 e. The molecule has 0 aliphatic rings. The third-order valence-electron chi connectivity index (χ3n) is 4.38. The molecule has 0 aromatic heterocycles. The Morgan fingerprint density at radius 1 is 0.733 bits per heavy atom. The van der Waals surface area contributed by atoms with Crippen molar-refractivity contribution in [3.8, 4) is 16.9 Å². The molecule has 0 heterocycles. The molecule has 0 bridgehead atoms. The minimum atomic E-state index is -0.251. The first-order valence-electron chi connectivity index (χ1n) is 9.97. The molecule has 2 N–H and O–H groups in total. The van der Waals surface area contributed by atoms with E-state index < -0.39 is 0 Å². The Bertz CT molecular complexity index is 966. The van der Waals surface area contributed by atoms with Crippen LogP contribution in [0.1, 0.15) is 20.3 Å². The predicted molar refractivity (Wildman–Crippen MR) is 121 cm³/mol. The number of hydrogen-bond donors (Lipinski definition) is 2. The highest BCUT2D eigenvalue weighted by molar-refractivity contribution is 5.93. The Morgan fingerprint density at radius 3 is 1.83 bits per heavy atom. The second kappa shape index (κ2) is 10.3. The minimum absolute atomic E-state index is 0.0199. The number of hydrogen-bond acceptors (Lipinski definition) is 3. The third kappa shape index (κ3) is 6.48. The van der Waals surface area contributed by atoms with Gasteiger partial charge in [-0.05, 0) is 53.4 Å². The van der Waals surface area contributed by atoms with Gasteiger partial charge in [-0.2, -0.15) is 0 Å². The first kappa shape index (κ1) is 21.1. The van der Waals surface area contributed by atoms with Crippen LogP contribution < -0.4 is 15.4 Å². The molecule has 0 saturated carbocycles. The van der Waals surface area contributed by atoms with Crippen molar-refractivity contribution in [2.24, 2.45) is 5.92 Å². The van der Waals surface area contributed by atoms with E-state index in [4.69, 9.17) is 4.74 Å². The summed E-state index contributed by atoms with van der Waals surface area (Å²) < 4.78 is 5.58. The Kier molecular flexibility index (Phi) is 7.22. The molecule has 0 aliphatic carbocycles. The van der Waals surface area contributed by atoms with Gasteiger partial charge in [0, 0.05) is 17.8 Å². The van der Waals surface area contributed by atoms with Crippen LogP contribution in [0.4, 0.5) is 11.4 Å². The van der Waals surface area contributed by atoms with Crippen LogP contribution in [0.5, 0.6) is 5.75 Å². The van der Waals surface area contributed by atoms with Gasteiger partial charge in [-0.15, -0.1) is 0 Å². The molecule has 5 nitrogen and oxygen atoms in total. The number of benzene rings is 3. The fraction of sp³-hybridized carbons (Fsp3) is 0.200. The Balaban J connectivity index is 1.47. The highest BCUT2D eigenvalue weighted by Gasteiger charge is 2.07. The lowest BCUT2D eigenvalue weighted by atomic mass is 10.1. The number of anilines is 2. The topological polar surface area (TPSA) is 67.4 Å². The van der Waals surface area contributed by atoms with Gasteiger partial charge in [-0.1, -0.05) is 56.3 Å². The summed E-state index contributed by atoms with van der Waals surface area (Å²) in [5.74, 6) is 0.665. The number of amides is 2. The molecular formula is C25H26N2O3. The van der Waals surface area contributed by atoms with E-state index in [1.165, 1.54) is 0 Å². The molecule has 154 valence electrons. The standard InChI is InChI=1S/C25H26N2O3/c1-18(2)16-24(28)26-21-10-12-22(13-11-21)27-25(29)17-30-23-14-8-20(9-15-23)19-6-4-3-5-7-19/h3-15,18H,16-17H2,1-2H3,(H,26,28)(H,27,29). The summed E-state index contributed by atoms with van der Waals surface area (Å²) in [6.07, 6.45) is 0.474. The summed E-state index contributed by atoms with van der Waals surface area (Å²) in [5, 5.41) is 5.63. The summed E-state index contributed by atoms with van der Waals surface area (Å²) in [4.78, 5) is 24.0. The molecule has 30 heavy (non-hydrogen) atoms. The van der Waals surface area contributed by atoms with Gasteiger partial charge in [-0.3, -0.25) is 9.59 Å². The molecule has 0 saturated heterocycles. The zero-order chi connectivity index (χ0) is 21.3. The summed E-state index contributed by atoms with van der Waals surface area (Å²) >= 11 is 0. The Hall–Kier alpha value is -3.60. The zero-order valence-electron chi connectivity index (χ0n) is 17.2. The van der Waals surface area contributed by atoms with Crippen LogP contribution in [-0.2, 0) is 9.59 Å². The maximum Gasteiger partial charge on any atom is 0.262 e. The summed E-state index contributed by atoms with van der Waals surface area (Å²) in [5.41, 5.74) is 3.57. The number of ether oxygens (including phenoxy) is 1. The number of nitrogens with one attached hydrogen (secondary N) is 2. The maximum absolute atomic E-state index is 12.2. The lowest BCUT2D eigenvalue weighted by Crippen LogP contribution is -2.20. The predicted octanol–water partition coefficient (Wildman–Crippen LogP) is 5.36. The third-order valence-corrected chi connectivity index (χ3v) is 4.38. The van der Waals surface area contributed by atoms with Crippen molar-refractivity contribution in [1.29, 1.82) is 0 Å². The highest BCUT2D eigenvalue weighted by Crippen LogP contribution is 2.22. The first-order valence-corrected chi connectivity index (χ1v) is 9.97. The number of carbonyl (C=O) groups excluding carboxylic acids is 2. The monoisotopic (exact) mass is 402 g/mol. The molecule has 3 aromatic rings. The van der Waals surface area contributed by atoms with Crippen LogP contribution in [0, 0.1) is 5.92 Å². The van der Waals surface area contributed by atoms with Gasteiger partial charge < -0.3 is 15.4 Å². The van der Waals surface area contributed by atoms with E-state index >= 15 is 0 Å². The lowest BCUT2D eigenvalue weighted by Gasteiger charge is -2.10. The van der Waals surface area contributed by atoms with E-state index in [0.29, 0.717) is 29.5 Å². The fourth-order valence-electron chi connectivity index (χ4n) is 2.94. The van der Waals surface area contributed by atoms with Crippen LogP contribution >= 0.6 is 0 Å². The quantitative estimate of drug-likeness (QED) is 0.533. The summed E-state index contributed by atoms with van der Waals surface area (Å²) in [6, 6.07) is 24.7. The number of rotatable bonds is 8. The largest absolute Gasteiger partial charge is 0.484 e. The zero-order valence-corrected chi connectivity index (χ0v) is 17.2. The van der Waals surface area contributed by atoms with E-state index in [1.807, 2.05) is 68.4 Å². The van der Waals surface area contributed by atoms with Gasteiger partial charge in [0.05, 0.1) is 0 Å². The molecule has 0 spiro atoms. The molecule has 3 rings (SSSR count). The van der Waals surface area contributed by atoms with Crippen molar-refractivity contribution >= 4 is 23.2 Å². The van der Waals surface area contributed by atoms with Crippen LogP contribution in [0.25, 0.3) is 11.1 Å². The van der Waals surface area contributed by atoms with Gasteiger partial charge in [0.1, 0.15) is 5.75 Å². The first-order chi connectivity index (χ1) is 14.5. The second-order valence-corrected chi connectivity index (χ2v) is 7.45. The Labute approximate surface area is 177 Å². The molecule has 0 unspecified atom stereocenters. The van der Waals surface area contributed by atoms with Crippen LogP contribution in [0.2, 0.25) is 0 Å². The van der Waals surface area contributed by atoms with Crippen molar-refractivity contribution < 1.29 is 14.3 Å². The van der Waals surface area contributed by atoms with E-state index in [1.54, 1.807) is 24.3 Å². The SMILES string of the molecule is CC(C)CC(=O)Nc1ccc(NC(=O)COc2ccc(-c3ccccc3)cc2)cc1. The Morgan fingerprint density at radius 2 is 1.27 bits per heavy atom. The molecule has 0 fully saturated rings. The molecule has 3 aromatic carbocycles. The van der Waals surface area contributed by atoms with Gasteiger partial charge in [0.2, 0.25) is 5.91 Å². The van der Waals surface area contributed by atoms with E-state index in [2.05, 4.69) is 10.6 Å². The van der Waals surface area contributed by atoms with Gasteiger partial charge >= 0.3 is 0 Å². The molecule has 0 aliphatic heterocycles. The van der Waals surface area contributed by atoms with Crippen molar-refractivity contribution in [3.63, 3.8) is 0 Å². The van der Waals surface area contributed by atoms with Crippen molar-refractivity contribution in [3.05, 3.63) is 78.9 Å². The molecule has 5 heteroatoms. The second-order valence-electron chi connectivity index (χ2n) is 7.45. The maximum atomic E-state index is 12.2. The van der Waals surface area contributed by atoms with Crippen LogP contribution in [0.3, 0.4) is 0 Å². The molecule has 0 atom stereocenters. The average molecular weight is 402 g/mol. The summed E-state index contributed by atoms with van der Waals surface area (Å²) in [6.45, 7) is 3.91. The van der Waals surface area contributed by atoms with Crippen molar-refractivity contribution in [2.75, 3.05) is 17.2 Å². The van der Waals surface area contributed by atoms with E-state index in [9.17, 15) is 9.59 Å². The average Bonchev–Trinajstić information content (AvgIpc) is 2.74. The van der Waals surface area contributed by atoms with E-state index in [0.717, 1.165) is 11.1 Å².